The van der Waals surface area contributed by atoms with Crippen LogP contribution >= 0.6 is 46.9 Å². The van der Waals surface area contributed by atoms with Gasteiger partial charge in [-0.15, -0.1) is 11.3 Å². The third-order valence-electron chi connectivity index (χ3n) is 7.17. The Bertz CT molecular complexity index is 1090. The van der Waals surface area contributed by atoms with Gasteiger partial charge in [-0.05, 0) is 85.8 Å². The first-order chi connectivity index (χ1) is 16.0. The molecule has 1 aliphatic heterocycles. The van der Waals surface area contributed by atoms with Crippen molar-refractivity contribution in [2.45, 2.75) is 57.4 Å². The van der Waals surface area contributed by atoms with E-state index in [1.807, 2.05) is 23.1 Å². The number of aliphatic hydroxyl groups excluding tert-OH is 1. The number of thiophene rings is 1. The van der Waals surface area contributed by atoms with Crippen molar-refractivity contribution in [1.29, 1.82) is 0 Å². The quantitative estimate of drug-likeness (QED) is 0.229. The van der Waals surface area contributed by atoms with Crippen molar-refractivity contribution in [3.05, 3.63) is 50.7 Å². The average Bonchev–Trinajstić information content (AvgIpc) is 3.56. The lowest BCUT2D eigenvalue weighted by atomic mass is 9.94. The summed E-state index contributed by atoms with van der Waals surface area (Å²) in [4.78, 5) is 18.4. The summed E-state index contributed by atoms with van der Waals surface area (Å²) >= 11 is 15.1. The van der Waals surface area contributed by atoms with Crippen molar-refractivity contribution in [2.24, 2.45) is 11.8 Å². The zero-order valence-electron chi connectivity index (χ0n) is 18.5. The summed E-state index contributed by atoms with van der Waals surface area (Å²) in [5.41, 5.74) is 2.34. The number of carbonyl (C=O) groups is 1. The number of hydrogen-bond donors (Lipinski definition) is 1. The summed E-state index contributed by atoms with van der Waals surface area (Å²) in [5.74, 6) is 1.48. The van der Waals surface area contributed by atoms with Gasteiger partial charge < -0.3 is 5.11 Å². The lowest BCUT2D eigenvalue weighted by molar-refractivity contribution is -0.124. The Labute approximate surface area is 214 Å². The topological polar surface area (TPSA) is 40.5 Å². The highest BCUT2D eigenvalue weighted by Crippen LogP contribution is 2.49. The van der Waals surface area contributed by atoms with Crippen molar-refractivity contribution in [2.75, 3.05) is 6.61 Å². The Morgan fingerprint density at radius 3 is 2.79 bits per heavy atom. The van der Waals surface area contributed by atoms with E-state index in [9.17, 15) is 4.79 Å². The molecule has 3 unspecified atom stereocenters. The molecule has 2 aromatic rings. The fourth-order valence-electron chi connectivity index (χ4n) is 5.56. The van der Waals surface area contributed by atoms with Gasteiger partial charge in [-0.3, -0.25) is 9.69 Å². The highest BCUT2D eigenvalue weighted by Gasteiger charge is 2.48. The van der Waals surface area contributed by atoms with E-state index in [-0.39, 0.29) is 12.5 Å². The maximum absolute atomic E-state index is 13.4. The molecule has 174 valence electrons. The molecule has 1 saturated heterocycles. The molecular formula is C26H28ClNO2S3. The third-order valence-corrected chi connectivity index (χ3v) is 9.91. The van der Waals surface area contributed by atoms with Gasteiger partial charge in [0.05, 0.1) is 4.91 Å². The fourth-order valence-corrected chi connectivity index (χ4v) is 8.33. The van der Waals surface area contributed by atoms with E-state index in [0.29, 0.717) is 12.0 Å². The number of thioether (sulfide) groups is 1. The Morgan fingerprint density at radius 2 is 2.06 bits per heavy atom. The van der Waals surface area contributed by atoms with E-state index in [1.165, 1.54) is 36.6 Å². The van der Waals surface area contributed by atoms with Gasteiger partial charge in [-0.2, -0.15) is 0 Å². The number of nitrogens with zero attached hydrogens (tertiary/aromatic N) is 1. The number of aryl methyl sites for hydroxylation is 1. The SMILES string of the molecule is O=C1C(=Cc2sc(-c3cccc(Cl)c3)cc2CCCCCO)SC(=S)N1C1CC2CCC1C2. The molecule has 1 N–H and O–H groups in total. The zero-order valence-corrected chi connectivity index (χ0v) is 21.7. The highest BCUT2D eigenvalue weighted by atomic mass is 35.5. The molecular weight excluding hydrogens is 490 g/mol. The number of rotatable bonds is 8. The van der Waals surface area contributed by atoms with Crippen molar-refractivity contribution in [1.82, 2.24) is 4.90 Å². The van der Waals surface area contributed by atoms with Gasteiger partial charge >= 0.3 is 0 Å². The van der Waals surface area contributed by atoms with Crippen molar-refractivity contribution in [3.8, 4) is 10.4 Å². The largest absolute Gasteiger partial charge is 0.396 e. The second-order valence-electron chi connectivity index (χ2n) is 9.34. The van der Waals surface area contributed by atoms with E-state index >= 15 is 0 Å². The van der Waals surface area contributed by atoms with Crippen LogP contribution in [0.2, 0.25) is 5.02 Å². The monoisotopic (exact) mass is 517 g/mol. The normalized spacial score (nSPS) is 25.7. The predicted octanol–water partition coefficient (Wildman–Crippen LogP) is 7.16. The Hall–Kier alpha value is -1.18. The van der Waals surface area contributed by atoms with Gasteiger partial charge in [0.25, 0.3) is 5.91 Å². The number of thiocarbonyl (C=S) groups is 1. The molecule has 3 fully saturated rings. The van der Waals surface area contributed by atoms with Crippen LogP contribution in [0.3, 0.4) is 0 Å². The van der Waals surface area contributed by atoms with Crippen LogP contribution in [-0.2, 0) is 11.2 Å². The number of fused-ring (bicyclic) bond motifs is 2. The van der Waals surface area contributed by atoms with E-state index in [2.05, 4.69) is 18.2 Å². The second-order valence-corrected chi connectivity index (χ2v) is 12.5. The van der Waals surface area contributed by atoms with Crippen LogP contribution < -0.4 is 0 Å². The third kappa shape index (κ3) is 4.96. The molecule has 33 heavy (non-hydrogen) atoms. The molecule has 3 aliphatic rings. The maximum atomic E-state index is 13.4. The second kappa shape index (κ2) is 10.2. The first-order valence-corrected chi connectivity index (χ1v) is 14.2. The number of carbonyl (C=O) groups excluding carboxylic acids is 1. The average molecular weight is 518 g/mol. The van der Waals surface area contributed by atoms with Crippen LogP contribution in [-0.4, -0.2) is 32.9 Å². The van der Waals surface area contributed by atoms with E-state index in [4.69, 9.17) is 28.9 Å². The molecule has 2 saturated carbocycles. The van der Waals surface area contributed by atoms with Crippen LogP contribution in [0, 0.1) is 11.8 Å². The van der Waals surface area contributed by atoms with Crippen molar-refractivity contribution in [3.63, 3.8) is 0 Å². The molecule has 3 nitrogen and oxygen atoms in total. The number of amides is 1. The molecule has 7 heteroatoms. The van der Waals surface area contributed by atoms with Crippen LogP contribution in [0.15, 0.2) is 35.2 Å². The predicted molar refractivity (Wildman–Crippen MR) is 144 cm³/mol. The Kier molecular flexibility index (Phi) is 7.29. The Balaban J connectivity index is 1.42. The molecule has 2 heterocycles. The van der Waals surface area contributed by atoms with Gasteiger partial charge in [-0.1, -0.05) is 60.6 Å². The highest BCUT2D eigenvalue weighted by molar-refractivity contribution is 8.26. The molecule has 5 rings (SSSR count). The first kappa shape index (κ1) is 23.6. The molecule has 1 aromatic carbocycles. The number of unbranched alkanes of at least 4 members (excludes halogenated alkanes) is 2. The maximum Gasteiger partial charge on any atom is 0.266 e. The molecule has 2 bridgehead atoms. The molecule has 1 amide bonds. The van der Waals surface area contributed by atoms with Gasteiger partial charge in [0.1, 0.15) is 4.32 Å². The van der Waals surface area contributed by atoms with Crippen molar-refractivity contribution < 1.29 is 9.90 Å². The van der Waals surface area contributed by atoms with E-state index < -0.39 is 0 Å². The molecule has 2 aliphatic carbocycles. The van der Waals surface area contributed by atoms with Gasteiger partial charge in [0.15, 0.2) is 0 Å². The summed E-state index contributed by atoms with van der Waals surface area (Å²) in [7, 11) is 0. The van der Waals surface area contributed by atoms with Crippen LogP contribution in [0.4, 0.5) is 0 Å². The van der Waals surface area contributed by atoms with Gasteiger partial charge in [0.2, 0.25) is 0 Å². The fraction of sp³-hybridized carbons (Fsp3) is 0.462. The van der Waals surface area contributed by atoms with E-state index in [0.717, 1.165) is 67.6 Å². The van der Waals surface area contributed by atoms with Crippen molar-refractivity contribution >= 4 is 63.2 Å². The Morgan fingerprint density at radius 1 is 1.18 bits per heavy atom. The summed E-state index contributed by atoms with van der Waals surface area (Å²) in [6.45, 7) is 0.232. The molecule has 0 spiro atoms. The van der Waals surface area contributed by atoms with E-state index in [1.54, 1.807) is 11.3 Å². The van der Waals surface area contributed by atoms with Crippen LogP contribution in [0.1, 0.15) is 55.4 Å². The minimum atomic E-state index is 0.0893. The van der Waals surface area contributed by atoms with Gasteiger partial charge in [0, 0.05) is 27.4 Å². The smallest absolute Gasteiger partial charge is 0.266 e. The molecule has 1 aromatic heterocycles. The lowest BCUT2D eigenvalue weighted by Crippen LogP contribution is -2.41. The summed E-state index contributed by atoms with van der Waals surface area (Å²) < 4.78 is 0.722. The van der Waals surface area contributed by atoms with Gasteiger partial charge in [-0.25, -0.2) is 0 Å². The lowest BCUT2D eigenvalue weighted by Gasteiger charge is -2.30. The zero-order chi connectivity index (χ0) is 22.9. The molecule has 3 atom stereocenters. The standard InChI is InChI=1S/C26H28ClNO2S3/c27-20-7-4-6-18(13-20)22-14-19(5-2-1-3-10-29)23(32-22)15-24-25(30)28(26(31)33-24)21-12-16-8-9-17(21)11-16/h4,6-7,13-17,21,29H,1-3,5,8-12H2. The summed E-state index contributed by atoms with van der Waals surface area (Å²) in [5, 5.41) is 9.84. The number of aliphatic hydroxyl groups is 1. The first-order valence-electron chi connectivity index (χ1n) is 11.8. The minimum Gasteiger partial charge on any atom is -0.396 e. The minimum absolute atomic E-state index is 0.0893. The molecule has 0 radical (unpaired) electrons. The number of benzene rings is 1. The number of hydrogen-bond acceptors (Lipinski definition) is 5. The summed E-state index contributed by atoms with van der Waals surface area (Å²) in [6, 6.07) is 10.4. The van der Waals surface area contributed by atoms with Crippen LogP contribution in [0.5, 0.6) is 0 Å². The summed E-state index contributed by atoms with van der Waals surface area (Å²) in [6.07, 6.45) is 10.7. The van der Waals surface area contributed by atoms with Crippen LogP contribution in [0.25, 0.3) is 16.5 Å². The number of halogens is 1.